The van der Waals surface area contributed by atoms with Crippen LogP contribution in [0.4, 0.5) is 4.79 Å². The van der Waals surface area contributed by atoms with E-state index in [1.807, 2.05) is 11.8 Å². The van der Waals surface area contributed by atoms with Gasteiger partial charge in [-0.3, -0.25) is 9.59 Å². The highest BCUT2D eigenvalue weighted by Crippen LogP contribution is 2.08. The molecule has 0 spiro atoms. The summed E-state index contributed by atoms with van der Waals surface area (Å²) in [6.07, 6.45) is 3.70. The SMILES string of the molecule is CC(CCCC(=O)O)NC(=O)NCCC(=O)N1CCCC1. The summed E-state index contributed by atoms with van der Waals surface area (Å²) in [7, 11) is 0. The average molecular weight is 299 g/mol. The number of amides is 3. The number of rotatable bonds is 8. The van der Waals surface area contributed by atoms with E-state index >= 15 is 0 Å². The van der Waals surface area contributed by atoms with E-state index in [9.17, 15) is 14.4 Å². The molecular formula is C14H25N3O4. The Labute approximate surface area is 125 Å². The number of carbonyl (C=O) groups is 3. The molecule has 0 aromatic carbocycles. The Hall–Kier alpha value is -1.79. The number of carboxylic acids is 1. The number of urea groups is 1. The Balaban J connectivity index is 2.07. The van der Waals surface area contributed by atoms with E-state index in [1.165, 1.54) is 0 Å². The molecule has 1 aliphatic rings. The molecule has 0 aliphatic carbocycles. The lowest BCUT2D eigenvalue weighted by atomic mass is 10.1. The second kappa shape index (κ2) is 9.20. The van der Waals surface area contributed by atoms with Gasteiger partial charge in [0.15, 0.2) is 0 Å². The van der Waals surface area contributed by atoms with E-state index in [-0.39, 0.29) is 24.4 Å². The summed E-state index contributed by atoms with van der Waals surface area (Å²) < 4.78 is 0. The van der Waals surface area contributed by atoms with Crippen LogP contribution in [0.2, 0.25) is 0 Å². The van der Waals surface area contributed by atoms with Crippen LogP contribution in [-0.4, -0.2) is 53.6 Å². The molecule has 1 aliphatic heterocycles. The Kier molecular flexibility index (Phi) is 7.56. The quantitative estimate of drug-likeness (QED) is 0.621. The van der Waals surface area contributed by atoms with E-state index in [1.54, 1.807) is 0 Å². The number of hydrogen-bond acceptors (Lipinski definition) is 3. The molecule has 0 aromatic rings. The molecule has 1 heterocycles. The molecule has 1 saturated heterocycles. The van der Waals surface area contributed by atoms with Crippen LogP contribution in [0.5, 0.6) is 0 Å². The number of likely N-dealkylation sites (tertiary alicyclic amines) is 1. The van der Waals surface area contributed by atoms with E-state index in [2.05, 4.69) is 10.6 Å². The van der Waals surface area contributed by atoms with Crippen molar-refractivity contribution in [3.05, 3.63) is 0 Å². The molecule has 0 aromatic heterocycles. The molecule has 1 fully saturated rings. The lowest BCUT2D eigenvalue weighted by Crippen LogP contribution is -2.42. The lowest BCUT2D eigenvalue weighted by molar-refractivity contribution is -0.137. The molecule has 3 amide bonds. The van der Waals surface area contributed by atoms with Crippen molar-refractivity contribution in [3.63, 3.8) is 0 Å². The van der Waals surface area contributed by atoms with Crippen LogP contribution >= 0.6 is 0 Å². The van der Waals surface area contributed by atoms with Gasteiger partial charge in [-0.15, -0.1) is 0 Å². The van der Waals surface area contributed by atoms with Crippen molar-refractivity contribution in [3.8, 4) is 0 Å². The van der Waals surface area contributed by atoms with E-state index in [0.717, 1.165) is 25.9 Å². The molecule has 21 heavy (non-hydrogen) atoms. The number of carbonyl (C=O) groups excluding carboxylic acids is 2. The summed E-state index contributed by atoms with van der Waals surface area (Å²) in [5, 5.41) is 13.9. The molecule has 1 atom stereocenters. The van der Waals surface area contributed by atoms with Crippen LogP contribution in [-0.2, 0) is 9.59 Å². The zero-order chi connectivity index (χ0) is 15.7. The molecule has 1 rings (SSSR count). The van der Waals surface area contributed by atoms with Crippen LogP contribution in [0, 0.1) is 0 Å². The summed E-state index contributed by atoms with van der Waals surface area (Å²) >= 11 is 0. The molecule has 120 valence electrons. The molecule has 7 heteroatoms. The number of hydrogen-bond donors (Lipinski definition) is 3. The normalized spacial score (nSPS) is 15.6. The van der Waals surface area contributed by atoms with Gasteiger partial charge in [-0.25, -0.2) is 4.79 Å². The Morgan fingerprint density at radius 1 is 1.19 bits per heavy atom. The smallest absolute Gasteiger partial charge is 0.315 e. The summed E-state index contributed by atoms with van der Waals surface area (Å²) in [4.78, 5) is 35.6. The summed E-state index contributed by atoms with van der Waals surface area (Å²) in [5.74, 6) is -0.741. The van der Waals surface area contributed by atoms with Crippen molar-refractivity contribution in [2.45, 2.75) is 51.5 Å². The maximum Gasteiger partial charge on any atom is 0.315 e. The minimum absolute atomic E-state index is 0.0846. The van der Waals surface area contributed by atoms with E-state index in [4.69, 9.17) is 5.11 Å². The largest absolute Gasteiger partial charge is 0.481 e. The van der Waals surface area contributed by atoms with E-state index in [0.29, 0.717) is 25.8 Å². The molecule has 7 nitrogen and oxygen atoms in total. The highest BCUT2D eigenvalue weighted by molar-refractivity contribution is 5.78. The molecule has 0 saturated carbocycles. The summed E-state index contributed by atoms with van der Waals surface area (Å²) in [5.41, 5.74) is 0. The first-order chi connectivity index (χ1) is 9.99. The Morgan fingerprint density at radius 3 is 2.48 bits per heavy atom. The standard InChI is InChI=1S/C14H25N3O4/c1-11(5-4-6-13(19)20)16-14(21)15-8-7-12(18)17-9-2-3-10-17/h11H,2-10H2,1H3,(H,19,20)(H2,15,16,21). The fourth-order valence-electron chi connectivity index (χ4n) is 2.31. The average Bonchev–Trinajstić information content (AvgIpc) is 2.91. The first-order valence-electron chi connectivity index (χ1n) is 7.53. The van der Waals surface area contributed by atoms with Gasteiger partial charge in [-0.1, -0.05) is 0 Å². The monoisotopic (exact) mass is 299 g/mol. The van der Waals surface area contributed by atoms with Crippen molar-refractivity contribution < 1.29 is 19.5 Å². The second-order valence-corrected chi connectivity index (χ2v) is 5.43. The zero-order valence-electron chi connectivity index (χ0n) is 12.6. The molecular weight excluding hydrogens is 274 g/mol. The second-order valence-electron chi connectivity index (χ2n) is 5.43. The third-order valence-corrected chi connectivity index (χ3v) is 3.49. The third kappa shape index (κ3) is 7.53. The highest BCUT2D eigenvalue weighted by atomic mass is 16.4. The predicted molar refractivity (Wildman–Crippen MR) is 77.9 cm³/mol. The van der Waals surface area contributed by atoms with Crippen molar-refractivity contribution in [2.75, 3.05) is 19.6 Å². The fourth-order valence-corrected chi connectivity index (χ4v) is 2.31. The van der Waals surface area contributed by atoms with Gasteiger partial charge in [-0.05, 0) is 32.6 Å². The van der Waals surface area contributed by atoms with Crippen LogP contribution < -0.4 is 10.6 Å². The number of nitrogens with zero attached hydrogens (tertiary/aromatic N) is 1. The van der Waals surface area contributed by atoms with Crippen LogP contribution in [0.15, 0.2) is 0 Å². The van der Waals surface area contributed by atoms with E-state index < -0.39 is 5.97 Å². The van der Waals surface area contributed by atoms with Gasteiger partial charge >= 0.3 is 12.0 Å². The number of carboxylic acid groups (broad SMARTS) is 1. The van der Waals surface area contributed by atoms with Gasteiger partial charge < -0.3 is 20.6 Å². The maximum absolute atomic E-state index is 11.8. The predicted octanol–water partition coefficient (Wildman–Crippen LogP) is 0.942. The minimum Gasteiger partial charge on any atom is -0.481 e. The Morgan fingerprint density at radius 2 is 1.86 bits per heavy atom. The number of nitrogens with one attached hydrogen (secondary N) is 2. The van der Waals surface area contributed by atoms with Crippen molar-refractivity contribution in [1.82, 2.24) is 15.5 Å². The maximum atomic E-state index is 11.8. The summed E-state index contributed by atoms with van der Waals surface area (Å²) in [6, 6.07) is -0.398. The molecule has 1 unspecified atom stereocenters. The third-order valence-electron chi connectivity index (χ3n) is 3.49. The highest BCUT2D eigenvalue weighted by Gasteiger charge is 2.17. The fraction of sp³-hybridized carbons (Fsp3) is 0.786. The van der Waals surface area contributed by atoms with Gasteiger partial charge in [-0.2, -0.15) is 0 Å². The molecule has 0 bridgehead atoms. The van der Waals surface area contributed by atoms with Gasteiger partial charge in [0.1, 0.15) is 0 Å². The van der Waals surface area contributed by atoms with Crippen molar-refractivity contribution in [2.24, 2.45) is 0 Å². The van der Waals surface area contributed by atoms with Crippen molar-refractivity contribution in [1.29, 1.82) is 0 Å². The first-order valence-corrected chi connectivity index (χ1v) is 7.53. The first kappa shape index (κ1) is 17.3. The topological polar surface area (TPSA) is 98.7 Å². The van der Waals surface area contributed by atoms with Crippen molar-refractivity contribution >= 4 is 17.9 Å². The van der Waals surface area contributed by atoms with Gasteiger partial charge in [0, 0.05) is 38.5 Å². The van der Waals surface area contributed by atoms with Gasteiger partial charge in [0.25, 0.3) is 0 Å². The Bertz CT molecular complexity index is 367. The van der Waals surface area contributed by atoms with Crippen LogP contribution in [0.3, 0.4) is 0 Å². The summed E-state index contributed by atoms with van der Waals surface area (Å²) in [6.45, 7) is 3.80. The zero-order valence-corrected chi connectivity index (χ0v) is 12.6. The number of aliphatic carboxylic acids is 1. The van der Waals surface area contributed by atoms with Crippen LogP contribution in [0.25, 0.3) is 0 Å². The molecule has 0 radical (unpaired) electrons. The van der Waals surface area contributed by atoms with Gasteiger partial charge in [0.2, 0.25) is 5.91 Å². The van der Waals surface area contributed by atoms with Crippen LogP contribution in [0.1, 0.15) is 45.4 Å². The lowest BCUT2D eigenvalue weighted by Gasteiger charge is -2.16. The van der Waals surface area contributed by atoms with Gasteiger partial charge in [0.05, 0.1) is 0 Å². The molecule has 3 N–H and O–H groups in total. The minimum atomic E-state index is -0.827.